The molecule has 0 aliphatic heterocycles. The minimum absolute atomic E-state index is 0.0291. The van der Waals surface area contributed by atoms with Gasteiger partial charge in [-0.3, -0.25) is 9.59 Å². The Balaban J connectivity index is 2.62. The lowest BCUT2D eigenvalue weighted by molar-refractivity contribution is -0.137. The third-order valence-corrected chi connectivity index (χ3v) is 3.87. The van der Waals surface area contributed by atoms with Gasteiger partial charge in [0.05, 0.1) is 5.60 Å². The Morgan fingerprint density at radius 3 is 2.36 bits per heavy atom. The van der Waals surface area contributed by atoms with E-state index in [1.807, 2.05) is 32.0 Å². The fraction of sp³-hybridized carbons (Fsp3) is 0.529. The van der Waals surface area contributed by atoms with Crippen molar-refractivity contribution < 1.29 is 14.7 Å². The van der Waals surface area contributed by atoms with E-state index in [2.05, 4.69) is 24.5 Å². The SMILES string of the molecule is CC(C)c1cccc(NC(=O)C(=O)NCC(C)(O)C(C)C)c1. The van der Waals surface area contributed by atoms with Gasteiger partial charge < -0.3 is 15.7 Å². The van der Waals surface area contributed by atoms with E-state index in [4.69, 9.17) is 0 Å². The summed E-state index contributed by atoms with van der Waals surface area (Å²) in [6.07, 6.45) is 0. The molecule has 0 saturated carbocycles. The second kappa shape index (κ2) is 7.40. The number of anilines is 1. The van der Waals surface area contributed by atoms with Gasteiger partial charge in [0.25, 0.3) is 0 Å². The number of nitrogens with one attached hydrogen (secondary N) is 2. The highest BCUT2D eigenvalue weighted by molar-refractivity contribution is 6.39. The van der Waals surface area contributed by atoms with Crippen molar-refractivity contribution in [3.8, 4) is 0 Å². The Morgan fingerprint density at radius 2 is 1.82 bits per heavy atom. The van der Waals surface area contributed by atoms with Crippen molar-refractivity contribution in [2.24, 2.45) is 5.92 Å². The number of rotatable bonds is 5. The Morgan fingerprint density at radius 1 is 1.18 bits per heavy atom. The minimum Gasteiger partial charge on any atom is -0.388 e. The van der Waals surface area contributed by atoms with Gasteiger partial charge >= 0.3 is 11.8 Å². The first-order valence-electron chi connectivity index (χ1n) is 7.55. The summed E-state index contributed by atoms with van der Waals surface area (Å²) >= 11 is 0. The molecule has 0 fully saturated rings. The van der Waals surface area contributed by atoms with Crippen molar-refractivity contribution in [3.63, 3.8) is 0 Å². The molecule has 5 nitrogen and oxygen atoms in total. The molecule has 0 saturated heterocycles. The van der Waals surface area contributed by atoms with Crippen LogP contribution in [0.2, 0.25) is 0 Å². The van der Waals surface area contributed by atoms with Crippen molar-refractivity contribution in [2.45, 2.75) is 46.1 Å². The summed E-state index contributed by atoms with van der Waals surface area (Å²) in [6, 6.07) is 7.40. The fourth-order valence-electron chi connectivity index (χ4n) is 1.71. The van der Waals surface area contributed by atoms with E-state index in [9.17, 15) is 14.7 Å². The van der Waals surface area contributed by atoms with Crippen LogP contribution >= 0.6 is 0 Å². The molecular formula is C17H26N2O3. The molecule has 1 unspecified atom stereocenters. The van der Waals surface area contributed by atoms with E-state index in [0.29, 0.717) is 11.6 Å². The average molecular weight is 306 g/mol. The molecular weight excluding hydrogens is 280 g/mol. The monoisotopic (exact) mass is 306 g/mol. The maximum Gasteiger partial charge on any atom is 0.313 e. The van der Waals surface area contributed by atoms with Crippen LogP contribution in [0, 0.1) is 5.92 Å². The van der Waals surface area contributed by atoms with Crippen molar-refractivity contribution in [3.05, 3.63) is 29.8 Å². The molecule has 1 atom stereocenters. The highest BCUT2D eigenvalue weighted by Crippen LogP contribution is 2.18. The van der Waals surface area contributed by atoms with Crippen LogP contribution in [0.4, 0.5) is 5.69 Å². The van der Waals surface area contributed by atoms with Crippen LogP contribution in [0.1, 0.15) is 46.1 Å². The summed E-state index contributed by atoms with van der Waals surface area (Å²) in [6.45, 7) is 9.47. The number of amides is 2. The largest absolute Gasteiger partial charge is 0.388 e. The van der Waals surface area contributed by atoms with E-state index < -0.39 is 17.4 Å². The second-order valence-corrected chi connectivity index (χ2v) is 6.43. The van der Waals surface area contributed by atoms with Gasteiger partial charge in [-0.25, -0.2) is 0 Å². The summed E-state index contributed by atoms with van der Waals surface area (Å²) in [5, 5.41) is 15.1. The van der Waals surface area contributed by atoms with Gasteiger partial charge in [0, 0.05) is 12.2 Å². The van der Waals surface area contributed by atoms with Crippen LogP contribution in [-0.4, -0.2) is 29.1 Å². The molecule has 1 aromatic rings. The summed E-state index contributed by atoms with van der Waals surface area (Å²) in [5.74, 6) is -1.18. The summed E-state index contributed by atoms with van der Waals surface area (Å²) in [7, 11) is 0. The lowest BCUT2D eigenvalue weighted by Crippen LogP contribution is -2.47. The Hall–Kier alpha value is -1.88. The lowest BCUT2D eigenvalue weighted by Gasteiger charge is -2.27. The number of carbonyl (C=O) groups excluding carboxylic acids is 2. The quantitative estimate of drug-likeness (QED) is 0.730. The van der Waals surface area contributed by atoms with Crippen molar-refractivity contribution >= 4 is 17.5 Å². The molecule has 0 bridgehead atoms. The highest BCUT2D eigenvalue weighted by Gasteiger charge is 2.26. The number of carbonyl (C=O) groups is 2. The Kier molecular flexibility index (Phi) is 6.11. The van der Waals surface area contributed by atoms with Crippen LogP contribution in [0.25, 0.3) is 0 Å². The first-order chi connectivity index (χ1) is 10.1. The highest BCUT2D eigenvalue weighted by atomic mass is 16.3. The third kappa shape index (κ3) is 5.15. The van der Waals surface area contributed by atoms with Gasteiger partial charge in [0.15, 0.2) is 0 Å². The van der Waals surface area contributed by atoms with Crippen LogP contribution in [-0.2, 0) is 9.59 Å². The fourth-order valence-corrected chi connectivity index (χ4v) is 1.71. The van der Waals surface area contributed by atoms with E-state index in [1.54, 1.807) is 13.0 Å². The van der Waals surface area contributed by atoms with E-state index >= 15 is 0 Å². The van der Waals surface area contributed by atoms with Crippen LogP contribution < -0.4 is 10.6 Å². The summed E-state index contributed by atoms with van der Waals surface area (Å²) in [5.41, 5.74) is 0.621. The topological polar surface area (TPSA) is 78.4 Å². The summed E-state index contributed by atoms with van der Waals surface area (Å²) in [4.78, 5) is 23.7. The smallest absolute Gasteiger partial charge is 0.313 e. The molecule has 1 rings (SSSR count). The Labute approximate surface area is 132 Å². The van der Waals surface area contributed by atoms with Gasteiger partial charge in [-0.2, -0.15) is 0 Å². The average Bonchev–Trinajstić information content (AvgIpc) is 2.44. The van der Waals surface area contributed by atoms with Crippen LogP contribution in [0.5, 0.6) is 0 Å². The van der Waals surface area contributed by atoms with E-state index in [1.165, 1.54) is 0 Å². The van der Waals surface area contributed by atoms with E-state index in [-0.39, 0.29) is 12.5 Å². The first kappa shape index (κ1) is 18.2. The number of aliphatic hydroxyl groups is 1. The Bertz CT molecular complexity index is 536. The lowest BCUT2D eigenvalue weighted by atomic mass is 9.92. The van der Waals surface area contributed by atoms with E-state index in [0.717, 1.165) is 5.56 Å². The molecule has 122 valence electrons. The number of benzene rings is 1. The minimum atomic E-state index is -1.05. The van der Waals surface area contributed by atoms with Gasteiger partial charge in [-0.15, -0.1) is 0 Å². The van der Waals surface area contributed by atoms with Crippen molar-refractivity contribution in [2.75, 3.05) is 11.9 Å². The molecule has 0 radical (unpaired) electrons. The van der Waals surface area contributed by atoms with Crippen LogP contribution in [0.15, 0.2) is 24.3 Å². The maximum absolute atomic E-state index is 11.9. The van der Waals surface area contributed by atoms with Gasteiger partial charge in [0.1, 0.15) is 0 Å². The second-order valence-electron chi connectivity index (χ2n) is 6.43. The molecule has 0 spiro atoms. The van der Waals surface area contributed by atoms with Gasteiger partial charge in [0.2, 0.25) is 0 Å². The van der Waals surface area contributed by atoms with Gasteiger partial charge in [-0.1, -0.05) is 39.8 Å². The molecule has 1 aromatic carbocycles. The molecule has 3 N–H and O–H groups in total. The predicted octanol–water partition coefficient (Wildman–Crippen LogP) is 2.27. The summed E-state index contributed by atoms with van der Waals surface area (Å²) < 4.78 is 0. The van der Waals surface area contributed by atoms with Crippen molar-refractivity contribution in [1.29, 1.82) is 0 Å². The third-order valence-electron chi connectivity index (χ3n) is 3.87. The van der Waals surface area contributed by atoms with Gasteiger partial charge in [-0.05, 0) is 36.5 Å². The molecule has 0 heterocycles. The normalized spacial score (nSPS) is 13.8. The van der Waals surface area contributed by atoms with Crippen molar-refractivity contribution in [1.82, 2.24) is 5.32 Å². The molecule has 22 heavy (non-hydrogen) atoms. The zero-order chi connectivity index (χ0) is 16.9. The standard InChI is InChI=1S/C17H26N2O3/c1-11(2)13-7-6-8-14(9-13)19-16(21)15(20)18-10-17(5,22)12(3)4/h6-9,11-12,22H,10H2,1-5H3,(H,18,20)(H,19,21). The first-order valence-corrected chi connectivity index (χ1v) is 7.55. The predicted molar refractivity (Wildman–Crippen MR) is 87.6 cm³/mol. The van der Waals surface area contributed by atoms with Crippen LogP contribution in [0.3, 0.4) is 0 Å². The zero-order valence-corrected chi connectivity index (χ0v) is 13.9. The molecule has 2 amide bonds. The molecule has 5 heteroatoms. The molecule has 0 aliphatic rings. The molecule has 0 aliphatic carbocycles. The maximum atomic E-state index is 11.9. The number of hydrogen-bond acceptors (Lipinski definition) is 3. The zero-order valence-electron chi connectivity index (χ0n) is 13.9. The number of hydrogen-bond donors (Lipinski definition) is 3. The molecule has 0 aromatic heterocycles.